The lowest BCUT2D eigenvalue weighted by Gasteiger charge is -2.05. The van der Waals surface area contributed by atoms with Crippen molar-refractivity contribution in [3.63, 3.8) is 0 Å². The van der Waals surface area contributed by atoms with Crippen LogP contribution in [0.2, 0.25) is 5.02 Å². The first kappa shape index (κ1) is 14.0. The first-order valence-electron chi connectivity index (χ1n) is 5.44. The fraction of sp³-hybridized carbons (Fsp3) is 0.154. The first-order chi connectivity index (χ1) is 9.11. The third-order valence-corrected chi connectivity index (χ3v) is 3.80. The van der Waals surface area contributed by atoms with E-state index >= 15 is 0 Å². The van der Waals surface area contributed by atoms with Crippen molar-refractivity contribution in [3.05, 3.63) is 51.3 Å². The smallest absolute Gasteiger partial charge is 0.216 e. The molecule has 19 heavy (non-hydrogen) atoms. The van der Waals surface area contributed by atoms with E-state index in [1.165, 1.54) is 13.4 Å². The van der Waals surface area contributed by atoms with Crippen LogP contribution in [0.25, 0.3) is 0 Å². The standard InChI is InChI=1S/C13H10BrClN2O2/c1-19-12-6-8(16-7-17-12)5-11(18)9-3-2-4-10(14)13(9)15/h2-4,6-7H,5H2,1H3. The van der Waals surface area contributed by atoms with Crippen LogP contribution >= 0.6 is 27.5 Å². The molecule has 0 radical (unpaired) electrons. The van der Waals surface area contributed by atoms with E-state index in [0.29, 0.717) is 26.6 Å². The van der Waals surface area contributed by atoms with Gasteiger partial charge in [0.2, 0.25) is 5.88 Å². The molecule has 4 nitrogen and oxygen atoms in total. The van der Waals surface area contributed by atoms with Gasteiger partial charge in [0.05, 0.1) is 24.2 Å². The number of methoxy groups -OCH3 is 1. The summed E-state index contributed by atoms with van der Waals surface area (Å²) in [6.45, 7) is 0. The number of carbonyl (C=O) groups is 1. The fourth-order valence-corrected chi connectivity index (χ4v) is 2.16. The van der Waals surface area contributed by atoms with E-state index in [4.69, 9.17) is 16.3 Å². The molecule has 2 aromatic rings. The monoisotopic (exact) mass is 340 g/mol. The van der Waals surface area contributed by atoms with Gasteiger partial charge < -0.3 is 4.74 Å². The number of Topliss-reactive ketones (excluding diaryl/α,β-unsaturated/α-hetero) is 1. The Morgan fingerprint density at radius 3 is 2.95 bits per heavy atom. The lowest BCUT2D eigenvalue weighted by atomic mass is 10.1. The Kier molecular flexibility index (Phi) is 4.50. The Hall–Kier alpha value is -1.46. The quantitative estimate of drug-likeness (QED) is 0.801. The summed E-state index contributed by atoms with van der Waals surface area (Å²) in [5.74, 6) is 0.324. The van der Waals surface area contributed by atoms with Gasteiger partial charge in [0.1, 0.15) is 6.33 Å². The zero-order valence-electron chi connectivity index (χ0n) is 10.1. The van der Waals surface area contributed by atoms with Gasteiger partial charge in [-0.1, -0.05) is 17.7 Å². The first-order valence-corrected chi connectivity index (χ1v) is 6.61. The molecule has 0 aliphatic heterocycles. The van der Waals surface area contributed by atoms with Crippen molar-refractivity contribution in [1.29, 1.82) is 0 Å². The molecule has 0 spiro atoms. The van der Waals surface area contributed by atoms with Crippen LogP contribution in [0.15, 0.2) is 35.1 Å². The number of rotatable bonds is 4. The second-order valence-corrected chi connectivity index (χ2v) is 4.99. The molecular weight excluding hydrogens is 332 g/mol. The summed E-state index contributed by atoms with van der Waals surface area (Å²) in [7, 11) is 1.51. The SMILES string of the molecule is COc1cc(CC(=O)c2cccc(Br)c2Cl)ncn1. The van der Waals surface area contributed by atoms with Crippen LogP contribution in [0.3, 0.4) is 0 Å². The molecule has 0 aliphatic carbocycles. The zero-order chi connectivity index (χ0) is 13.8. The van der Waals surface area contributed by atoms with Crippen LogP contribution in [0.1, 0.15) is 16.1 Å². The van der Waals surface area contributed by atoms with Gasteiger partial charge in [-0.15, -0.1) is 0 Å². The molecule has 1 aromatic heterocycles. The van der Waals surface area contributed by atoms with Gasteiger partial charge in [0, 0.05) is 16.1 Å². The molecule has 0 N–H and O–H groups in total. The number of halogens is 2. The number of carbonyl (C=O) groups excluding carboxylic acids is 1. The molecule has 98 valence electrons. The van der Waals surface area contributed by atoms with Crippen molar-refractivity contribution >= 4 is 33.3 Å². The lowest BCUT2D eigenvalue weighted by molar-refractivity contribution is 0.0992. The minimum atomic E-state index is -0.105. The second kappa shape index (κ2) is 6.12. The highest BCUT2D eigenvalue weighted by Crippen LogP contribution is 2.27. The van der Waals surface area contributed by atoms with Crippen LogP contribution in [0.4, 0.5) is 0 Å². The van der Waals surface area contributed by atoms with Crippen molar-refractivity contribution in [1.82, 2.24) is 9.97 Å². The van der Waals surface area contributed by atoms with Gasteiger partial charge >= 0.3 is 0 Å². The molecule has 0 unspecified atom stereocenters. The van der Waals surface area contributed by atoms with Gasteiger partial charge in [0.25, 0.3) is 0 Å². The van der Waals surface area contributed by atoms with Gasteiger partial charge in [-0.05, 0) is 28.1 Å². The summed E-state index contributed by atoms with van der Waals surface area (Å²) in [6.07, 6.45) is 1.51. The largest absolute Gasteiger partial charge is 0.481 e. The Balaban J connectivity index is 2.23. The summed E-state index contributed by atoms with van der Waals surface area (Å²) < 4.78 is 5.68. The van der Waals surface area contributed by atoms with Crippen LogP contribution in [-0.4, -0.2) is 22.9 Å². The van der Waals surface area contributed by atoms with E-state index < -0.39 is 0 Å². The topological polar surface area (TPSA) is 52.1 Å². The molecule has 2 rings (SSSR count). The molecular formula is C13H10BrClN2O2. The normalized spacial score (nSPS) is 10.3. The van der Waals surface area contributed by atoms with Gasteiger partial charge in [-0.25, -0.2) is 9.97 Å². The van der Waals surface area contributed by atoms with Gasteiger partial charge in [-0.2, -0.15) is 0 Å². The van der Waals surface area contributed by atoms with Gasteiger partial charge in [-0.3, -0.25) is 4.79 Å². The minimum absolute atomic E-state index is 0.105. The van der Waals surface area contributed by atoms with E-state index in [0.717, 1.165) is 0 Å². The van der Waals surface area contributed by atoms with Crippen molar-refractivity contribution in [2.24, 2.45) is 0 Å². The average Bonchev–Trinajstić information content (AvgIpc) is 2.42. The minimum Gasteiger partial charge on any atom is -0.481 e. The van der Waals surface area contributed by atoms with Crippen molar-refractivity contribution in [3.8, 4) is 5.88 Å². The van der Waals surface area contributed by atoms with E-state index in [2.05, 4.69) is 25.9 Å². The molecule has 0 saturated heterocycles. The zero-order valence-corrected chi connectivity index (χ0v) is 12.4. The van der Waals surface area contributed by atoms with Crippen LogP contribution in [0.5, 0.6) is 5.88 Å². The van der Waals surface area contributed by atoms with E-state index in [9.17, 15) is 4.79 Å². The van der Waals surface area contributed by atoms with Crippen molar-refractivity contribution in [2.45, 2.75) is 6.42 Å². The lowest BCUT2D eigenvalue weighted by Crippen LogP contribution is -2.06. The Labute approximate surface area is 123 Å². The van der Waals surface area contributed by atoms with Gasteiger partial charge in [0.15, 0.2) is 5.78 Å². The summed E-state index contributed by atoms with van der Waals surface area (Å²) >= 11 is 9.38. The molecule has 0 bridgehead atoms. The molecule has 0 atom stereocenters. The number of aromatic nitrogens is 2. The third-order valence-electron chi connectivity index (χ3n) is 2.50. The molecule has 0 amide bonds. The van der Waals surface area contributed by atoms with Crippen LogP contribution in [0, 0.1) is 0 Å². The molecule has 0 fully saturated rings. The maximum absolute atomic E-state index is 12.2. The van der Waals surface area contributed by atoms with E-state index in [1.54, 1.807) is 24.3 Å². The van der Waals surface area contributed by atoms with Crippen molar-refractivity contribution in [2.75, 3.05) is 7.11 Å². The number of benzene rings is 1. The molecule has 0 saturated carbocycles. The number of hydrogen-bond acceptors (Lipinski definition) is 4. The van der Waals surface area contributed by atoms with Crippen LogP contribution in [-0.2, 0) is 6.42 Å². The summed E-state index contributed by atoms with van der Waals surface area (Å²) in [4.78, 5) is 20.1. The second-order valence-electron chi connectivity index (χ2n) is 3.75. The fourth-order valence-electron chi connectivity index (χ4n) is 1.56. The number of ketones is 1. The highest BCUT2D eigenvalue weighted by Gasteiger charge is 2.14. The van der Waals surface area contributed by atoms with E-state index in [-0.39, 0.29) is 12.2 Å². The summed E-state index contributed by atoms with van der Waals surface area (Å²) in [6, 6.07) is 6.87. The number of nitrogens with zero attached hydrogens (tertiary/aromatic N) is 2. The molecule has 1 aromatic carbocycles. The Morgan fingerprint density at radius 2 is 2.21 bits per heavy atom. The highest BCUT2D eigenvalue weighted by atomic mass is 79.9. The number of hydrogen-bond donors (Lipinski definition) is 0. The molecule has 0 aliphatic rings. The predicted octanol–water partition coefficient (Wildman–Crippen LogP) is 3.33. The van der Waals surface area contributed by atoms with Crippen molar-refractivity contribution < 1.29 is 9.53 Å². The third kappa shape index (κ3) is 3.30. The highest BCUT2D eigenvalue weighted by molar-refractivity contribution is 9.10. The van der Waals surface area contributed by atoms with Crippen LogP contribution < -0.4 is 4.74 Å². The summed E-state index contributed by atoms with van der Waals surface area (Å²) in [5.41, 5.74) is 1.06. The average molecular weight is 342 g/mol. The number of ether oxygens (including phenoxy) is 1. The molecule has 6 heteroatoms. The maximum atomic E-state index is 12.2. The molecule has 1 heterocycles. The Morgan fingerprint density at radius 1 is 1.42 bits per heavy atom. The summed E-state index contributed by atoms with van der Waals surface area (Å²) in [5, 5.41) is 0.411. The Bertz CT molecular complexity index is 619. The predicted molar refractivity (Wildman–Crippen MR) is 75.8 cm³/mol. The maximum Gasteiger partial charge on any atom is 0.216 e. The van der Waals surface area contributed by atoms with E-state index in [1.807, 2.05) is 0 Å².